The molecule has 1 atom stereocenters. The van der Waals surface area contributed by atoms with Crippen molar-refractivity contribution >= 4 is 6.09 Å². The van der Waals surface area contributed by atoms with Gasteiger partial charge >= 0.3 is 6.09 Å². The Kier molecular flexibility index (Phi) is 2.18. The Morgan fingerprint density at radius 1 is 1.73 bits per heavy atom. The second-order valence-electron chi connectivity index (χ2n) is 3.62. The van der Waals surface area contributed by atoms with Crippen LogP contribution in [-0.2, 0) is 13.0 Å². The van der Waals surface area contributed by atoms with Crippen LogP contribution in [0.3, 0.4) is 0 Å². The Morgan fingerprint density at radius 3 is 3.13 bits per heavy atom. The van der Waals surface area contributed by atoms with E-state index in [-0.39, 0.29) is 18.1 Å². The predicted octanol–water partition coefficient (Wildman–Crippen LogP) is 0.195. The molecule has 1 amide bonds. The first-order valence-corrected chi connectivity index (χ1v) is 4.64. The number of hydrogen-bond acceptors (Lipinski definition) is 3. The maximum Gasteiger partial charge on any atom is 0.407 e. The normalized spacial score (nSPS) is 19.8. The molecule has 0 saturated carbocycles. The Hall–Kier alpha value is -1.85. The molecule has 80 valence electrons. The Morgan fingerprint density at radius 2 is 2.47 bits per heavy atom. The molecule has 0 radical (unpaired) electrons. The van der Waals surface area contributed by atoms with Gasteiger partial charge in [-0.15, -0.1) is 0 Å². The lowest BCUT2D eigenvalue weighted by Gasteiger charge is -2.31. The molecule has 1 aliphatic rings. The van der Waals surface area contributed by atoms with Crippen molar-refractivity contribution < 1.29 is 9.90 Å². The van der Waals surface area contributed by atoms with Crippen molar-refractivity contribution in [3.05, 3.63) is 27.9 Å². The fourth-order valence-corrected chi connectivity index (χ4v) is 1.78. The highest BCUT2D eigenvalue weighted by atomic mass is 16.4. The number of fused-ring (bicyclic) bond motifs is 1. The number of hydrogen-bond donors (Lipinski definition) is 2. The van der Waals surface area contributed by atoms with Crippen LogP contribution in [0.1, 0.15) is 18.2 Å². The summed E-state index contributed by atoms with van der Waals surface area (Å²) in [6, 6.07) is -0.135. The van der Waals surface area contributed by atoms with Crippen molar-refractivity contribution in [1.82, 2.24) is 14.9 Å². The van der Waals surface area contributed by atoms with Gasteiger partial charge in [-0.05, 0) is 6.92 Å². The number of H-pyrrole nitrogens is 1. The van der Waals surface area contributed by atoms with Crippen molar-refractivity contribution in [2.75, 3.05) is 0 Å². The highest BCUT2D eigenvalue weighted by Crippen LogP contribution is 2.18. The molecular weight excluding hydrogens is 198 g/mol. The van der Waals surface area contributed by atoms with E-state index in [2.05, 4.69) is 9.97 Å². The molecule has 6 nitrogen and oxygen atoms in total. The molecule has 1 aromatic rings. The van der Waals surface area contributed by atoms with Crippen LogP contribution in [0.2, 0.25) is 0 Å². The highest BCUT2D eigenvalue weighted by Gasteiger charge is 2.28. The summed E-state index contributed by atoms with van der Waals surface area (Å²) in [6.45, 7) is 1.93. The van der Waals surface area contributed by atoms with Crippen LogP contribution in [0.4, 0.5) is 4.79 Å². The van der Waals surface area contributed by atoms with Gasteiger partial charge in [0, 0.05) is 12.5 Å². The van der Waals surface area contributed by atoms with Crippen LogP contribution in [0.5, 0.6) is 0 Å². The van der Waals surface area contributed by atoms with Gasteiger partial charge in [0.2, 0.25) is 0 Å². The maximum atomic E-state index is 11.4. The first kappa shape index (κ1) is 9.70. The lowest BCUT2D eigenvalue weighted by Crippen LogP contribution is -2.44. The molecule has 0 fully saturated rings. The SMILES string of the molecule is CC1Cc2nc[nH]c(=O)c2CN1C(=O)O. The number of nitrogens with zero attached hydrogens (tertiary/aromatic N) is 2. The zero-order valence-electron chi connectivity index (χ0n) is 8.23. The summed E-state index contributed by atoms with van der Waals surface area (Å²) in [7, 11) is 0. The standard InChI is InChI=1S/C9H11N3O3/c1-5-2-7-6(3-12(5)9(14)15)8(13)11-4-10-7/h4-5H,2-3H2,1H3,(H,14,15)(H,10,11,13). The van der Waals surface area contributed by atoms with Crippen LogP contribution in [0.15, 0.2) is 11.1 Å². The van der Waals surface area contributed by atoms with Crippen LogP contribution in [0, 0.1) is 0 Å². The summed E-state index contributed by atoms with van der Waals surface area (Å²) in [5.41, 5.74) is 0.903. The van der Waals surface area contributed by atoms with Crippen LogP contribution >= 0.6 is 0 Å². The minimum atomic E-state index is -1.00. The summed E-state index contributed by atoms with van der Waals surface area (Å²) in [5, 5.41) is 8.92. The van der Waals surface area contributed by atoms with E-state index in [1.54, 1.807) is 6.92 Å². The lowest BCUT2D eigenvalue weighted by molar-refractivity contribution is 0.118. The minimum absolute atomic E-state index is 0.120. The van der Waals surface area contributed by atoms with Gasteiger partial charge in [0.25, 0.3) is 5.56 Å². The number of aromatic nitrogens is 2. The molecule has 0 saturated heterocycles. The van der Waals surface area contributed by atoms with Crippen LogP contribution < -0.4 is 5.56 Å². The van der Waals surface area contributed by atoms with Gasteiger partial charge in [-0.3, -0.25) is 4.79 Å². The average molecular weight is 209 g/mol. The van der Waals surface area contributed by atoms with Gasteiger partial charge in [0.05, 0.1) is 24.1 Å². The third-order valence-corrected chi connectivity index (χ3v) is 2.63. The molecule has 2 rings (SSSR count). The molecule has 0 aliphatic carbocycles. The third-order valence-electron chi connectivity index (χ3n) is 2.63. The van der Waals surface area contributed by atoms with E-state index in [1.807, 2.05) is 0 Å². The zero-order chi connectivity index (χ0) is 11.0. The van der Waals surface area contributed by atoms with Gasteiger partial charge in [0.15, 0.2) is 0 Å². The van der Waals surface area contributed by atoms with Crippen molar-refractivity contribution in [2.45, 2.75) is 25.9 Å². The predicted molar refractivity (Wildman–Crippen MR) is 51.6 cm³/mol. The number of amides is 1. The van der Waals surface area contributed by atoms with E-state index < -0.39 is 6.09 Å². The fourth-order valence-electron chi connectivity index (χ4n) is 1.78. The molecule has 0 aromatic carbocycles. The van der Waals surface area contributed by atoms with Gasteiger partial charge in [0.1, 0.15) is 0 Å². The monoisotopic (exact) mass is 209 g/mol. The van der Waals surface area contributed by atoms with E-state index >= 15 is 0 Å². The Balaban J connectivity index is 2.43. The van der Waals surface area contributed by atoms with Gasteiger partial charge in [-0.2, -0.15) is 0 Å². The van der Waals surface area contributed by atoms with E-state index in [4.69, 9.17) is 5.11 Å². The molecule has 1 aliphatic heterocycles. The van der Waals surface area contributed by atoms with Crippen molar-refractivity contribution in [1.29, 1.82) is 0 Å². The van der Waals surface area contributed by atoms with Crippen molar-refractivity contribution in [3.63, 3.8) is 0 Å². The van der Waals surface area contributed by atoms with E-state index in [0.717, 1.165) is 0 Å². The summed E-state index contributed by atoms with van der Waals surface area (Å²) < 4.78 is 0. The first-order chi connectivity index (χ1) is 7.09. The summed E-state index contributed by atoms with van der Waals surface area (Å²) in [5.74, 6) is 0. The molecule has 15 heavy (non-hydrogen) atoms. The first-order valence-electron chi connectivity index (χ1n) is 4.64. The molecule has 0 bridgehead atoms. The van der Waals surface area contributed by atoms with E-state index in [0.29, 0.717) is 17.7 Å². The molecular formula is C9H11N3O3. The number of carboxylic acid groups (broad SMARTS) is 1. The summed E-state index contributed by atoms with van der Waals surface area (Å²) >= 11 is 0. The van der Waals surface area contributed by atoms with E-state index in [1.165, 1.54) is 11.2 Å². The van der Waals surface area contributed by atoms with Gasteiger partial charge in [-0.25, -0.2) is 9.78 Å². The molecule has 2 heterocycles. The second kappa shape index (κ2) is 3.38. The fraction of sp³-hybridized carbons (Fsp3) is 0.444. The highest BCUT2D eigenvalue weighted by molar-refractivity contribution is 5.66. The van der Waals surface area contributed by atoms with Crippen LogP contribution in [-0.4, -0.2) is 32.1 Å². The lowest BCUT2D eigenvalue weighted by atomic mass is 10.0. The molecule has 1 aromatic heterocycles. The topological polar surface area (TPSA) is 86.3 Å². The molecule has 6 heteroatoms. The van der Waals surface area contributed by atoms with Crippen molar-refractivity contribution in [3.8, 4) is 0 Å². The number of carbonyl (C=O) groups is 1. The number of rotatable bonds is 0. The largest absolute Gasteiger partial charge is 0.465 e. The summed E-state index contributed by atoms with van der Waals surface area (Å²) in [6.07, 6.45) is 0.840. The minimum Gasteiger partial charge on any atom is -0.465 e. The average Bonchev–Trinajstić information content (AvgIpc) is 2.16. The molecule has 0 spiro atoms. The number of aromatic amines is 1. The number of nitrogens with one attached hydrogen (secondary N) is 1. The smallest absolute Gasteiger partial charge is 0.407 e. The van der Waals surface area contributed by atoms with E-state index in [9.17, 15) is 9.59 Å². The van der Waals surface area contributed by atoms with Crippen molar-refractivity contribution in [2.24, 2.45) is 0 Å². The Bertz CT molecular complexity index is 454. The quantitative estimate of drug-likeness (QED) is 0.638. The third kappa shape index (κ3) is 1.58. The van der Waals surface area contributed by atoms with Gasteiger partial charge < -0.3 is 15.0 Å². The second-order valence-corrected chi connectivity index (χ2v) is 3.62. The maximum absolute atomic E-state index is 11.4. The molecule has 1 unspecified atom stereocenters. The Labute approximate surface area is 85.6 Å². The zero-order valence-corrected chi connectivity index (χ0v) is 8.23. The van der Waals surface area contributed by atoms with Gasteiger partial charge in [-0.1, -0.05) is 0 Å². The molecule has 2 N–H and O–H groups in total. The summed E-state index contributed by atoms with van der Waals surface area (Å²) in [4.78, 5) is 30.0. The van der Waals surface area contributed by atoms with Crippen LogP contribution in [0.25, 0.3) is 0 Å².